The maximum atomic E-state index is 5.63. The lowest BCUT2D eigenvalue weighted by atomic mass is 9.91. The van der Waals surface area contributed by atoms with Crippen molar-refractivity contribution in [3.05, 3.63) is 18.0 Å². The molecule has 0 N–H and O–H groups in total. The van der Waals surface area contributed by atoms with Crippen LogP contribution in [0, 0.1) is 0 Å². The molecule has 3 saturated heterocycles. The zero-order valence-electron chi connectivity index (χ0n) is 23.0. The zero-order chi connectivity index (χ0) is 24.6. The third-order valence-electron chi connectivity index (χ3n) is 8.74. The summed E-state index contributed by atoms with van der Waals surface area (Å²) >= 11 is 0. The number of likely N-dealkylation sites (tertiary alicyclic amines) is 2. The summed E-state index contributed by atoms with van der Waals surface area (Å²) in [6.45, 7) is 15.9. The van der Waals surface area contributed by atoms with Crippen molar-refractivity contribution in [2.75, 3.05) is 44.2 Å². The fourth-order valence-electron chi connectivity index (χ4n) is 6.33. The Bertz CT molecular complexity index is 719. The molecule has 35 heavy (non-hydrogen) atoms. The van der Waals surface area contributed by atoms with Crippen LogP contribution in [-0.2, 0) is 4.74 Å². The Morgan fingerprint density at radius 2 is 1.51 bits per heavy atom. The lowest BCUT2D eigenvalue weighted by Crippen LogP contribution is -2.56. The van der Waals surface area contributed by atoms with Crippen molar-refractivity contribution in [3.8, 4) is 0 Å². The Hall–Kier alpha value is -1.24. The molecule has 4 rings (SSSR count). The molecule has 0 aromatic carbocycles. The minimum Gasteiger partial charge on any atom is -0.379 e. The predicted octanol–water partition coefficient (Wildman–Crippen LogP) is 5.48. The molecule has 198 valence electrons. The molecule has 6 nitrogen and oxygen atoms in total. The molecule has 1 aromatic heterocycles. The molecule has 6 heteroatoms. The van der Waals surface area contributed by atoms with Crippen LogP contribution >= 0.6 is 0 Å². The normalized spacial score (nSPS) is 25.0. The second-order valence-electron chi connectivity index (χ2n) is 11.6. The van der Waals surface area contributed by atoms with E-state index >= 15 is 0 Å². The third kappa shape index (κ3) is 7.39. The fraction of sp³-hybridized carbons (Fsp3) is 0.862. The number of piperidine rings is 1. The maximum absolute atomic E-state index is 5.63. The first-order chi connectivity index (χ1) is 17.0. The third-order valence-corrected chi connectivity index (χ3v) is 8.74. The van der Waals surface area contributed by atoms with Crippen LogP contribution < -0.4 is 4.90 Å². The molecule has 3 aliphatic rings. The van der Waals surface area contributed by atoms with Gasteiger partial charge >= 0.3 is 0 Å². The summed E-state index contributed by atoms with van der Waals surface area (Å²) in [4.78, 5) is 17.7. The molecular formula is C29H51N5O. The van der Waals surface area contributed by atoms with Crippen molar-refractivity contribution in [3.63, 3.8) is 0 Å². The lowest BCUT2D eigenvalue weighted by molar-refractivity contribution is 0.0756. The number of aromatic nitrogens is 2. The molecule has 4 heterocycles. The van der Waals surface area contributed by atoms with Gasteiger partial charge in [0.15, 0.2) is 0 Å². The van der Waals surface area contributed by atoms with E-state index in [-0.39, 0.29) is 0 Å². The van der Waals surface area contributed by atoms with E-state index in [0.29, 0.717) is 30.1 Å². The molecule has 3 aliphatic heterocycles. The van der Waals surface area contributed by atoms with E-state index in [1.165, 1.54) is 102 Å². The van der Waals surface area contributed by atoms with Gasteiger partial charge in [0.25, 0.3) is 0 Å². The van der Waals surface area contributed by atoms with Gasteiger partial charge in [-0.25, -0.2) is 9.97 Å². The average molecular weight is 486 g/mol. The Morgan fingerprint density at radius 3 is 2.14 bits per heavy atom. The van der Waals surface area contributed by atoms with Gasteiger partial charge in [-0.3, -0.25) is 4.90 Å². The molecule has 3 atom stereocenters. The number of hydrogen-bond acceptors (Lipinski definition) is 6. The number of hydrogen-bond donors (Lipinski definition) is 0. The van der Waals surface area contributed by atoms with E-state index in [4.69, 9.17) is 14.7 Å². The van der Waals surface area contributed by atoms with Gasteiger partial charge in [0.1, 0.15) is 0 Å². The van der Waals surface area contributed by atoms with Crippen LogP contribution in [0.1, 0.15) is 103 Å². The van der Waals surface area contributed by atoms with Crippen molar-refractivity contribution in [2.24, 2.45) is 0 Å². The SMILES string of the molecule is CCC(C)N1CC2CCC(C1)N2c1ncc(C2CCN(CCCCCCCOC(C)C)CC2)cn1. The van der Waals surface area contributed by atoms with Crippen molar-refractivity contribution < 1.29 is 4.74 Å². The average Bonchev–Trinajstić information content (AvgIpc) is 3.14. The van der Waals surface area contributed by atoms with Gasteiger partial charge in [0.2, 0.25) is 5.95 Å². The molecule has 0 amide bonds. The van der Waals surface area contributed by atoms with Crippen LogP contribution in [-0.4, -0.2) is 83.3 Å². The van der Waals surface area contributed by atoms with E-state index in [1.807, 2.05) is 0 Å². The van der Waals surface area contributed by atoms with Crippen LogP contribution in [0.15, 0.2) is 12.4 Å². The number of nitrogens with zero attached hydrogens (tertiary/aromatic N) is 5. The minimum atomic E-state index is 0.369. The van der Waals surface area contributed by atoms with E-state index in [1.54, 1.807) is 0 Å². The summed E-state index contributed by atoms with van der Waals surface area (Å²) in [7, 11) is 0. The fourth-order valence-corrected chi connectivity index (χ4v) is 6.33. The van der Waals surface area contributed by atoms with Crippen LogP contribution in [0.2, 0.25) is 0 Å². The quantitative estimate of drug-likeness (QED) is 0.345. The first-order valence-electron chi connectivity index (χ1n) is 14.7. The van der Waals surface area contributed by atoms with Gasteiger partial charge in [-0.15, -0.1) is 0 Å². The highest BCUT2D eigenvalue weighted by atomic mass is 16.5. The molecule has 3 unspecified atom stereocenters. The second-order valence-corrected chi connectivity index (χ2v) is 11.6. The first kappa shape index (κ1) is 26.8. The maximum Gasteiger partial charge on any atom is 0.225 e. The molecule has 0 aliphatic carbocycles. The number of unbranched alkanes of at least 4 members (excludes halogenated alkanes) is 4. The summed E-state index contributed by atoms with van der Waals surface area (Å²) in [6, 6.07) is 1.86. The topological polar surface area (TPSA) is 44.7 Å². The van der Waals surface area contributed by atoms with Gasteiger partial charge in [0.05, 0.1) is 6.10 Å². The molecule has 0 radical (unpaired) electrons. The Balaban J connectivity index is 1.15. The van der Waals surface area contributed by atoms with Crippen molar-refractivity contribution in [2.45, 2.75) is 122 Å². The molecule has 2 bridgehead atoms. The van der Waals surface area contributed by atoms with Gasteiger partial charge in [-0.2, -0.15) is 0 Å². The molecule has 1 aromatic rings. The summed E-state index contributed by atoms with van der Waals surface area (Å²) in [5.74, 6) is 1.60. The van der Waals surface area contributed by atoms with Crippen molar-refractivity contribution >= 4 is 5.95 Å². The Kier molecular flexibility index (Phi) is 10.2. The van der Waals surface area contributed by atoms with E-state index in [0.717, 1.165) is 12.6 Å². The molecule has 3 fully saturated rings. The molecular weight excluding hydrogens is 434 g/mol. The van der Waals surface area contributed by atoms with Crippen LogP contribution in [0.5, 0.6) is 0 Å². The van der Waals surface area contributed by atoms with Gasteiger partial charge in [-0.05, 0) is 96.8 Å². The number of rotatable bonds is 13. The van der Waals surface area contributed by atoms with E-state index < -0.39 is 0 Å². The summed E-state index contributed by atoms with van der Waals surface area (Å²) in [5, 5.41) is 0. The Morgan fingerprint density at radius 1 is 0.886 bits per heavy atom. The highest BCUT2D eigenvalue weighted by Crippen LogP contribution is 2.35. The molecule has 0 saturated carbocycles. The Labute approximate surface area is 214 Å². The monoisotopic (exact) mass is 485 g/mol. The van der Waals surface area contributed by atoms with Gasteiger partial charge in [-0.1, -0.05) is 26.2 Å². The highest BCUT2D eigenvalue weighted by Gasteiger charge is 2.42. The smallest absolute Gasteiger partial charge is 0.225 e. The second kappa shape index (κ2) is 13.3. The van der Waals surface area contributed by atoms with Crippen LogP contribution in [0.3, 0.4) is 0 Å². The summed E-state index contributed by atoms with van der Waals surface area (Å²) in [6.07, 6.45) is 17.5. The van der Waals surface area contributed by atoms with Gasteiger partial charge < -0.3 is 14.5 Å². The van der Waals surface area contributed by atoms with E-state index in [9.17, 15) is 0 Å². The van der Waals surface area contributed by atoms with Crippen molar-refractivity contribution in [1.29, 1.82) is 0 Å². The largest absolute Gasteiger partial charge is 0.379 e. The van der Waals surface area contributed by atoms with Crippen LogP contribution in [0.25, 0.3) is 0 Å². The number of anilines is 1. The minimum absolute atomic E-state index is 0.369. The predicted molar refractivity (Wildman–Crippen MR) is 145 cm³/mol. The summed E-state index contributed by atoms with van der Waals surface area (Å²) in [5.41, 5.74) is 1.35. The summed E-state index contributed by atoms with van der Waals surface area (Å²) < 4.78 is 5.63. The van der Waals surface area contributed by atoms with Crippen molar-refractivity contribution in [1.82, 2.24) is 19.8 Å². The standard InChI is InChI=1S/C29H51N5O/c1-5-24(4)33-21-27-11-12-28(22-33)34(27)29-30-19-26(20-31-29)25-13-16-32(17-14-25)15-9-7-6-8-10-18-35-23(2)3/h19-20,23-25,27-28H,5-18,21-22H2,1-4H3. The highest BCUT2D eigenvalue weighted by molar-refractivity contribution is 5.38. The van der Waals surface area contributed by atoms with Crippen LogP contribution in [0.4, 0.5) is 5.95 Å². The lowest BCUT2D eigenvalue weighted by Gasteiger charge is -2.43. The molecule has 0 spiro atoms. The van der Waals surface area contributed by atoms with E-state index in [2.05, 4.69) is 54.8 Å². The zero-order valence-corrected chi connectivity index (χ0v) is 23.0. The number of ether oxygens (including phenoxy) is 1. The number of fused-ring (bicyclic) bond motifs is 2. The van der Waals surface area contributed by atoms with Gasteiger partial charge in [0, 0.05) is 50.2 Å². The first-order valence-corrected chi connectivity index (χ1v) is 14.7. The number of piperazine rings is 1.